The van der Waals surface area contributed by atoms with Crippen LogP contribution >= 0.6 is 0 Å². The van der Waals surface area contributed by atoms with Crippen molar-refractivity contribution in [1.82, 2.24) is 10.4 Å². The second-order valence-electron chi connectivity index (χ2n) is 8.14. The molecule has 7 heteroatoms. The van der Waals surface area contributed by atoms with Gasteiger partial charge in [-0.2, -0.15) is 0 Å². The minimum Gasteiger partial charge on any atom is -0.356 e. The van der Waals surface area contributed by atoms with Gasteiger partial charge in [-0.05, 0) is 6.42 Å². The number of carbonyl (C=O) groups excluding carboxylic acids is 4. The molecule has 0 aromatic carbocycles. The Kier molecular flexibility index (Phi) is 14.7. The highest BCUT2D eigenvalue weighted by Crippen LogP contribution is 2.13. The Hall–Kier alpha value is -1.92. The minimum absolute atomic E-state index is 0.0681. The van der Waals surface area contributed by atoms with Crippen LogP contribution in [0.2, 0.25) is 0 Å². The molecule has 0 saturated carbocycles. The van der Waals surface area contributed by atoms with Crippen molar-refractivity contribution in [3.63, 3.8) is 0 Å². The van der Waals surface area contributed by atoms with Crippen LogP contribution in [-0.2, 0) is 24.0 Å². The second kappa shape index (κ2) is 16.8. The fraction of sp³-hybridized carbons (Fsp3) is 0.826. The highest BCUT2D eigenvalue weighted by Gasteiger charge is 2.32. The molecule has 0 aliphatic carbocycles. The zero-order chi connectivity index (χ0) is 22.0. The van der Waals surface area contributed by atoms with E-state index in [0.717, 1.165) is 19.3 Å². The van der Waals surface area contributed by atoms with Gasteiger partial charge in [-0.25, -0.2) is 4.79 Å². The smallest absolute Gasteiger partial charge is 0.334 e. The van der Waals surface area contributed by atoms with Gasteiger partial charge >= 0.3 is 5.97 Å². The molecule has 0 aromatic rings. The average molecular weight is 425 g/mol. The van der Waals surface area contributed by atoms with Gasteiger partial charge in [0.05, 0.1) is 6.42 Å². The number of imide groups is 1. The monoisotopic (exact) mass is 424 g/mol. The highest BCUT2D eigenvalue weighted by molar-refractivity contribution is 6.01. The number of hydrogen-bond donors (Lipinski definition) is 1. The molecule has 172 valence electrons. The molecular weight excluding hydrogens is 384 g/mol. The van der Waals surface area contributed by atoms with E-state index in [1.807, 2.05) is 0 Å². The fourth-order valence-corrected chi connectivity index (χ4v) is 3.50. The summed E-state index contributed by atoms with van der Waals surface area (Å²) in [5.74, 6) is -1.78. The molecule has 0 radical (unpaired) electrons. The molecule has 1 saturated heterocycles. The molecule has 1 aliphatic rings. The Balaban J connectivity index is 1.87. The molecule has 1 rings (SSSR count). The standard InChI is InChI=1S/C23H40N2O5/c1-2-3-4-5-6-7-8-9-10-11-12-13-14-15-20(26)24-19-18-23(29)30-25-21(27)16-17-22(25)28/h2-19H2,1H3,(H,24,26). The maximum absolute atomic E-state index is 11.8. The van der Waals surface area contributed by atoms with E-state index in [9.17, 15) is 19.2 Å². The third-order valence-electron chi connectivity index (χ3n) is 5.36. The lowest BCUT2D eigenvalue weighted by molar-refractivity contribution is -0.197. The van der Waals surface area contributed by atoms with E-state index >= 15 is 0 Å². The van der Waals surface area contributed by atoms with Gasteiger partial charge in [0.15, 0.2) is 0 Å². The van der Waals surface area contributed by atoms with Gasteiger partial charge in [0, 0.05) is 25.8 Å². The van der Waals surface area contributed by atoms with Crippen LogP contribution in [0.5, 0.6) is 0 Å². The number of nitrogens with one attached hydrogen (secondary N) is 1. The van der Waals surface area contributed by atoms with Crippen LogP contribution in [0.15, 0.2) is 0 Å². The van der Waals surface area contributed by atoms with Crippen molar-refractivity contribution < 1.29 is 24.0 Å². The molecule has 1 aliphatic heterocycles. The molecule has 1 fully saturated rings. The normalized spacial score (nSPS) is 13.7. The molecule has 0 atom stereocenters. The van der Waals surface area contributed by atoms with Crippen LogP contribution < -0.4 is 5.32 Å². The molecule has 0 unspecified atom stereocenters. The minimum atomic E-state index is -0.695. The molecule has 0 aromatic heterocycles. The Morgan fingerprint density at radius 1 is 0.767 bits per heavy atom. The van der Waals surface area contributed by atoms with E-state index in [1.165, 1.54) is 64.2 Å². The SMILES string of the molecule is CCCCCCCCCCCCCCCC(=O)NCCC(=O)ON1C(=O)CCC1=O. The first-order chi connectivity index (χ1) is 14.5. The number of unbranched alkanes of at least 4 members (excludes halogenated alkanes) is 12. The van der Waals surface area contributed by atoms with Gasteiger partial charge in [-0.15, -0.1) is 5.06 Å². The van der Waals surface area contributed by atoms with Crippen molar-refractivity contribution in [2.24, 2.45) is 0 Å². The van der Waals surface area contributed by atoms with Crippen molar-refractivity contribution >= 4 is 23.7 Å². The lowest BCUT2D eigenvalue weighted by Crippen LogP contribution is -2.33. The summed E-state index contributed by atoms with van der Waals surface area (Å²) in [7, 11) is 0. The summed E-state index contributed by atoms with van der Waals surface area (Å²) in [5, 5.41) is 3.20. The first kappa shape index (κ1) is 26.1. The van der Waals surface area contributed by atoms with Crippen LogP contribution in [-0.4, -0.2) is 35.3 Å². The predicted octanol–water partition coefficient (Wildman–Crippen LogP) is 4.58. The zero-order valence-electron chi connectivity index (χ0n) is 18.7. The molecule has 1 N–H and O–H groups in total. The van der Waals surface area contributed by atoms with Crippen molar-refractivity contribution in [1.29, 1.82) is 0 Å². The van der Waals surface area contributed by atoms with Crippen molar-refractivity contribution in [2.75, 3.05) is 6.54 Å². The fourth-order valence-electron chi connectivity index (χ4n) is 3.50. The third kappa shape index (κ3) is 12.6. The zero-order valence-corrected chi connectivity index (χ0v) is 18.7. The number of nitrogens with zero attached hydrogens (tertiary/aromatic N) is 1. The molecule has 7 nitrogen and oxygen atoms in total. The van der Waals surface area contributed by atoms with E-state index < -0.39 is 17.8 Å². The summed E-state index contributed by atoms with van der Waals surface area (Å²) in [4.78, 5) is 50.9. The molecule has 0 bridgehead atoms. The van der Waals surface area contributed by atoms with Crippen LogP contribution in [0.1, 0.15) is 116 Å². The summed E-state index contributed by atoms with van der Waals surface area (Å²) in [6, 6.07) is 0. The third-order valence-corrected chi connectivity index (χ3v) is 5.36. The summed E-state index contributed by atoms with van der Waals surface area (Å²) >= 11 is 0. The molecule has 3 amide bonds. The van der Waals surface area contributed by atoms with Gasteiger partial charge in [0.2, 0.25) is 5.91 Å². The first-order valence-corrected chi connectivity index (χ1v) is 11.9. The van der Waals surface area contributed by atoms with E-state index in [0.29, 0.717) is 11.5 Å². The van der Waals surface area contributed by atoms with Crippen LogP contribution in [0.4, 0.5) is 0 Å². The predicted molar refractivity (Wildman–Crippen MR) is 115 cm³/mol. The largest absolute Gasteiger partial charge is 0.356 e. The van der Waals surface area contributed by atoms with Crippen LogP contribution in [0, 0.1) is 0 Å². The summed E-state index contributed by atoms with van der Waals surface area (Å²) in [5.41, 5.74) is 0. The van der Waals surface area contributed by atoms with Gasteiger partial charge in [-0.1, -0.05) is 84.0 Å². The molecule has 1 heterocycles. The van der Waals surface area contributed by atoms with Gasteiger partial charge in [0.1, 0.15) is 0 Å². The molecular formula is C23H40N2O5. The van der Waals surface area contributed by atoms with E-state index in [1.54, 1.807) is 0 Å². The lowest BCUT2D eigenvalue weighted by atomic mass is 10.0. The highest BCUT2D eigenvalue weighted by atomic mass is 16.7. The van der Waals surface area contributed by atoms with Crippen molar-refractivity contribution in [3.8, 4) is 0 Å². The van der Waals surface area contributed by atoms with Gasteiger partial charge in [0.25, 0.3) is 11.8 Å². The number of hydroxylamine groups is 2. The molecule has 30 heavy (non-hydrogen) atoms. The number of rotatable bonds is 18. The van der Waals surface area contributed by atoms with Crippen LogP contribution in [0.25, 0.3) is 0 Å². The van der Waals surface area contributed by atoms with Crippen molar-refractivity contribution in [2.45, 2.75) is 116 Å². The Morgan fingerprint density at radius 3 is 1.73 bits per heavy atom. The Labute approximate surface area is 181 Å². The maximum atomic E-state index is 11.8. The topological polar surface area (TPSA) is 92.8 Å². The second-order valence-corrected chi connectivity index (χ2v) is 8.14. The van der Waals surface area contributed by atoms with Crippen LogP contribution in [0.3, 0.4) is 0 Å². The Bertz CT molecular complexity index is 520. The van der Waals surface area contributed by atoms with E-state index in [2.05, 4.69) is 12.2 Å². The number of hydrogen-bond acceptors (Lipinski definition) is 5. The number of carbonyl (C=O) groups is 4. The Morgan fingerprint density at radius 2 is 1.23 bits per heavy atom. The van der Waals surface area contributed by atoms with E-state index in [4.69, 9.17) is 4.84 Å². The first-order valence-electron chi connectivity index (χ1n) is 11.9. The average Bonchev–Trinajstić information content (AvgIpc) is 3.03. The summed E-state index contributed by atoms with van der Waals surface area (Å²) in [6.45, 7) is 2.39. The lowest BCUT2D eigenvalue weighted by Gasteiger charge is -2.12. The van der Waals surface area contributed by atoms with Gasteiger partial charge < -0.3 is 10.2 Å². The maximum Gasteiger partial charge on any atom is 0.334 e. The number of amides is 3. The quantitative estimate of drug-likeness (QED) is 0.257. The molecule has 0 spiro atoms. The van der Waals surface area contributed by atoms with Gasteiger partial charge in [-0.3, -0.25) is 14.4 Å². The van der Waals surface area contributed by atoms with Crippen molar-refractivity contribution in [3.05, 3.63) is 0 Å². The summed E-state index contributed by atoms with van der Waals surface area (Å²) < 4.78 is 0. The van der Waals surface area contributed by atoms with E-state index in [-0.39, 0.29) is 31.7 Å². The summed E-state index contributed by atoms with van der Waals surface area (Å²) in [6.07, 6.45) is 17.0.